The van der Waals surface area contributed by atoms with Gasteiger partial charge in [-0.05, 0) is 29.3 Å². The van der Waals surface area contributed by atoms with E-state index >= 15 is 0 Å². The van der Waals surface area contributed by atoms with Crippen molar-refractivity contribution in [1.82, 2.24) is 9.97 Å². The average molecular weight is 217 g/mol. The summed E-state index contributed by atoms with van der Waals surface area (Å²) < 4.78 is 0.717. The van der Waals surface area contributed by atoms with E-state index in [4.69, 9.17) is 0 Å². The second-order valence-corrected chi connectivity index (χ2v) is 3.03. The van der Waals surface area contributed by atoms with Crippen molar-refractivity contribution in [2.75, 3.05) is 0 Å². The molecule has 0 amide bonds. The third-order valence-corrected chi connectivity index (χ3v) is 2.21. The Morgan fingerprint density at radius 3 is 2.82 bits per heavy atom. The Hall–Kier alpha value is -0.640. The van der Waals surface area contributed by atoms with Crippen LogP contribution in [0.2, 0.25) is 0 Å². The first-order chi connectivity index (χ1) is 5.15. The van der Waals surface area contributed by atoms with Crippen molar-refractivity contribution in [3.63, 3.8) is 0 Å². The molecule has 0 fully saturated rings. The minimum Gasteiger partial charge on any atom is -0.322 e. The standard InChI is InChI=1S/C7H9BrN2O/c1-3-5-7(11)9-4(2)6(8)10-5/h3H2,1-2H3,(H,9,11). The molecule has 0 aliphatic rings. The fourth-order valence-corrected chi connectivity index (χ4v) is 1.10. The van der Waals surface area contributed by atoms with Crippen molar-refractivity contribution in [2.45, 2.75) is 20.3 Å². The van der Waals surface area contributed by atoms with Gasteiger partial charge in [0.15, 0.2) is 0 Å². The van der Waals surface area contributed by atoms with Gasteiger partial charge in [0.2, 0.25) is 0 Å². The molecule has 0 atom stereocenters. The van der Waals surface area contributed by atoms with Gasteiger partial charge < -0.3 is 4.98 Å². The molecule has 60 valence electrons. The van der Waals surface area contributed by atoms with E-state index in [0.717, 1.165) is 5.69 Å². The molecule has 0 spiro atoms. The summed E-state index contributed by atoms with van der Waals surface area (Å²) in [6.45, 7) is 3.71. The molecule has 1 N–H and O–H groups in total. The zero-order chi connectivity index (χ0) is 8.43. The highest BCUT2D eigenvalue weighted by molar-refractivity contribution is 9.10. The molecule has 0 saturated heterocycles. The Labute approximate surface area is 73.0 Å². The van der Waals surface area contributed by atoms with E-state index in [1.165, 1.54) is 0 Å². The summed E-state index contributed by atoms with van der Waals surface area (Å²) in [5.41, 5.74) is 1.25. The number of nitrogens with one attached hydrogen (secondary N) is 1. The van der Waals surface area contributed by atoms with Gasteiger partial charge in [-0.2, -0.15) is 0 Å². The lowest BCUT2D eigenvalue weighted by atomic mass is 10.3. The fourth-order valence-electron chi connectivity index (χ4n) is 0.787. The molecule has 0 aliphatic carbocycles. The van der Waals surface area contributed by atoms with Crippen molar-refractivity contribution in [2.24, 2.45) is 0 Å². The highest BCUT2D eigenvalue weighted by atomic mass is 79.9. The second kappa shape index (κ2) is 3.17. The van der Waals surface area contributed by atoms with Crippen LogP contribution in [0.5, 0.6) is 0 Å². The van der Waals surface area contributed by atoms with Crippen LogP contribution < -0.4 is 5.56 Å². The molecular weight excluding hydrogens is 208 g/mol. The number of aromatic amines is 1. The van der Waals surface area contributed by atoms with E-state index in [0.29, 0.717) is 16.7 Å². The SMILES string of the molecule is CCc1nc(Br)c(C)[nH]c1=O. The van der Waals surface area contributed by atoms with Gasteiger partial charge in [-0.3, -0.25) is 4.79 Å². The zero-order valence-electron chi connectivity index (χ0n) is 6.44. The van der Waals surface area contributed by atoms with E-state index in [2.05, 4.69) is 25.9 Å². The molecule has 0 saturated carbocycles. The van der Waals surface area contributed by atoms with Crippen molar-refractivity contribution < 1.29 is 0 Å². The normalized spacial score (nSPS) is 10.1. The number of aromatic nitrogens is 2. The number of hydrogen-bond donors (Lipinski definition) is 1. The molecule has 0 unspecified atom stereocenters. The maximum atomic E-state index is 11.1. The first-order valence-electron chi connectivity index (χ1n) is 3.40. The van der Waals surface area contributed by atoms with Crippen LogP contribution in [0.3, 0.4) is 0 Å². The van der Waals surface area contributed by atoms with Crippen molar-refractivity contribution in [3.05, 3.63) is 26.3 Å². The van der Waals surface area contributed by atoms with E-state index in [1.54, 1.807) is 6.92 Å². The summed E-state index contributed by atoms with van der Waals surface area (Å²) in [6.07, 6.45) is 0.661. The summed E-state index contributed by atoms with van der Waals surface area (Å²) in [5, 5.41) is 0. The average Bonchev–Trinajstić information content (AvgIpc) is 1.97. The summed E-state index contributed by atoms with van der Waals surface area (Å²) in [5.74, 6) is 0. The van der Waals surface area contributed by atoms with E-state index in [-0.39, 0.29) is 5.56 Å². The maximum Gasteiger partial charge on any atom is 0.269 e. The molecule has 3 nitrogen and oxygen atoms in total. The molecule has 11 heavy (non-hydrogen) atoms. The maximum absolute atomic E-state index is 11.1. The van der Waals surface area contributed by atoms with Crippen LogP contribution in [-0.2, 0) is 6.42 Å². The van der Waals surface area contributed by atoms with E-state index in [1.807, 2.05) is 6.92 Å². The predicted molar refractivity (Wildman–Crippen MR) is 46.7 cm³/mol. The van der Waals surface area contributed by atoms with Gasteiger partial charge in [0.1, 0.15) is 10.3 Å². The molecule has 0 radical (unpaired) electrons. The second-order valence-electron chi connectivity index (χ2n) is 2.28. The Bertz CT molecular complexity index is 319. The third-order valence-electron chi connectivity index (χ3n) is 1.44. The topological polar surface area (TPSA) is 45.8 Å². The first kappa shape index (κ1) is 8.46. The first-order valence-corrected chi connectivity index (χ1v) is 4.19. The van der Waals surface area contributed by atoms with Crippen LogP contribution in [0.4, 0.5) is 0 Å². The molecular formula is C7H9BrN2O. The smallest absolute Gasteiger partial charge is 0.269 e. The molecule has 1 rings (SSSR count). The lowest BCUT2D eigenvalue weighted by molar-refractivity contribution is 0.923. The fraction of sp³-hybridized carbons (Fsp3) is 0.429. The van der Waals surface area contributed by atoms with Crippen LogP contribution >= 0.6 is 15.9 Å². The van der Waals surface area contributed by atoms with Crippen molar-refractivity contribution in [3.8, 4) is 0 Å². The lowest BCUT2D eigenvalue weighted by Crippen LogP contribution is -2.15. The molecule has 0 aliphatic heterocycles. The van der Waals surface area contributed by atoms with Crippen LogP contribution in [0.1, 0.15) is 18.3 Å². The minimum atomic E-state index is -0.0896. The van der Waals surface area contributed by atoms with Crippen molar-refractivity contribution in [1.29, 1.82) is 0 Å². The number of nitrogens with zero attached hydrogens (tertiary/aromatic N) is 1. The highest BCUT2D eigenvalue weighted by Gasteiger charge is 2.01. The van der Waals surface area contributed by atoms with Gasteiger partial charge in [-0.15, -0.1) is 0 Å². The summed E-state index contributed by atoms with van der Waals surface area (Å²) >= 11 is 3.24. The number of H-pyrrole nitrogens is 1. The Morgan fingerprint density at radius 2 is 2.27 bits per heavy atom. The van der Waals surface area contributed by atoms with Gasteiger partial charge in [0.05, 0.1) is 0 Å². The largest absolute Gasteiger partial charge is 0.322 e. The number of halogens is 1. The molecule has 1 aromatic rings. The summed E-state index contributed by atoms with van der Waals surface area (Å²) in [7, 11) is 0. The minimum absolute atomic E-state index is 0.0896. The van der Waals surface area contributed by atoms with Crippen LogP contribution in [0.15, 0.2) is 9.40 Å². The molecule has 4 heteroatoms. The molecule has 1 heterocycles. The monoisotopic (exact) mass is 216 g/mol. The van der Waals surface area contributed by atoms with Crippen molar-refractivity contribution >= 4 is 15.9 Å². The predicted octanol–water partition coefficient (Wildman–Crippen LogP) is 1.40. The van der Waals surface area contributed by atoms with E-state index in [9.17, 15) is 4.79 Å². The Kier molecular flexibility index (Phi) is 2.44. The third kappa shape index (κ3) is 1.68. The summed E-state index contributed by atoms with van der Waals surface area (Å²) in [4.78, 5) is 17.8. The van der Waals surface area contributed by atoms with Gasteiger partial charge in [0.25, 0.3) is 5.56 Å². The number of rotatable bonds is 1. The quantitative estimate of drug-likeness (QED) is 0.772. The molecule has 0 bridgehead atoms. The van der Waals surface area contributed by atoms with Gasteiger partial charge in [0, 0.05) is 5.69 Å². The summed E-state index contributed by atoms with van der Waals surface area (Å²) in [6, 6.07) is 0. The molecule has 1 aromatic heterocycles. The van der Waals surface area contributed by atoms with Gasteiger partial charge in [-0.25, -0.2) is 4.98 Å². The number of aryl methyl sites for hydroxylation is 2. The lowest BCUT2D eigenvalue weighted by Gasteiger charge is -1.98. The Morgan fingerprint density at radius 1 is 1.64 bits per heavy atom. The van der Waals surface area contributed by atoms with Gasteiger partial charge in [-0.1, -0.05) is 6.92 Å². The Balaban J connectivity index is 3.32. The van der Waals surface area contributed by atoms with Crippen LogP contribution in [0.25, 0.3) is 0 Å². The number of hydrogen-bond acceptors (Lipinski definition) is 2. The zero-order valence-corrected chi connectivity index (χ0v) is 8.03. The van der Waals surface area contributed by atoms with E-state index < -0.39 is 0 Å². The highest BCUT2D eigenvalue weighted by Crippen LogP contribution is 2.07. The van der Waals surface area contributed by atoms with Gasteiger partial charge >= 0.3 is 0 Å². The van der Waals surface area contributed by atoms with Crippen LogP contribution in [0, 0.1) is 6.92 Å². The molecule has 0 aromatic carbocycles. The van der Waals surface area contributed by atoms with Crippen LogP contribution in [-0.4, -0.2) is 9.97 Å².